The van der Waals surface area contributed by atoms with E-state index in [1.54, 1.807) is 6.92 Å². The van der Waals surface area contributed by atoms with Gasteiger partial charge < -0.3 is 10.6 Å². The Morgan fingerprint density at radius 3 is 1.57 bits per heavy atom. The predicted octanol–water partition coefficient (Wildman–Crippen LogP) is 4.53. The minimum absolute atomic E-state index is 0. The Morgan fingerprint density at radius 2 is 1.29 bits per heavy atom. The first kappa shape index (κ1) is 20.0. The zero-order chi connectivity index (χ0) is 16.3. The molecule has 0 bridgehead atoms. The van der Waals surface area contributed by atoms with E-state index in [9.17, 15) is 8.78 Å². The molecular formula is C17H34F2N2. The smallest absolute Gasteiger partial charge is 0.126 e. The second kappa shape index (κ2) is 11.6. The van der Waals surface area contributed by atoms with Crippen LogP contribution in [0, 0.1) is 18.6 Å². The molecule has 0 saturated heterocycles. The molecule has 0 aromatic heterocycles. The van der Waals surface area contributed by atoms with Crippen molar-refractivity contribution < 1.29 is 11.6 Å². The average molecular weight is 304 g/mol. The Hall–Kier alpha value is -1.00. The van der Waals surface area contributed by atoms with Crippen molar-refractivity contribution in [3.05, 3.63) is 35.4 Å². The number of hydrogen-bond donors (Lipinski definition) is 2. The molecule has 2 rings (SSSR count). The van der Waals surface area contributed by atoms with Gasteiger partial charge in [-0.05, 0) is 51.6 Å². The van der Waals surface area contributed by atoms with E-state index < -0.39 is 11.6 Å². The van der Waals surface area contributed by atoms with Gasteiger partial charge in [-0.25, -0.2) is 8.78 Å². The van der Waals surface area contributed by atoms with E-state index >= 15 is 0 Å². The fourth-order valence-corrected chi connectivity index (χ4v) is 2.51. The van der Waals surface area contributed by atoms with Crippen LogP contribution in [0.3, 0.4) is 0 Å². The normalized spacial score (nSPS) is 20.7. The summed E-state index contributed by atoms with van der Waals surface area (Å²) in [7, 11) is 4.11. The minimum Gasteiger partial charge on any atom is -0.315 e. The van der Waals surface area contributed by atoms with E-state index in [2.05, 4.69) is 24.7 Å². The number of aryl methyl sites for hydroxylation is 1. The lowest BCUT2D eigenvalue weighted by atomic mass is 9.91. The average Bonchev–Trinajstić information content (AvgIpc) is 2.48. The minimum atomic E-state index is -0.521. The highest BCUT2D eigenvalue weighted by molar-refractivity contribution is 5.15. The summed E-state index contributed by atoms with van der Waals surface area (Å²) in [6.07, 6.45) is 5.46. The Morgan fingerprint density at radius 1 is 0.905 bits per heavy atom. The van der Waals surface area contributed by atoms with Gasteiger partial charge in [-0.1, -0.05) is 26.7 Å². The van der Waals surface area contributed by atoms with Gasteiger partial charge in [0.05, 0.1) is 0 Å². The molecule has 1 fully saturated rings. The second-order valence-corrected chi connectivity index (χ2v) is 5.02. The van der Waals surface area contributed by atoms with E-state index in [0.717, 1.165) is 6.07 Å². The molecule has 2 atom stereocenters. The molecule has 1 aliphatic rings. The molecule has 126 valence electrons. The Kier molecular flexibility index (Phi) is 11.1. The SMILES string of the molecule is CC.CN[C@@H]1CCCC[C@H]1NC.Cc1cc(F)cc(F)c1.[HH].[HH]. The van der Waals surface area contributed by atoms with Gasteiger partial charge in [0, 0.05) is 21.0 Å². The summed E-state index contributed by atoms with van der Waals surface area (Å²) in [5.74, 6) is -1.04. The third kappa shape index (κ3) is 8.12. The van der Waals surface area contributed by atoms with Crippen LogP contribution >= 0.6 is 0 Å². The first-order valence-electron chi connectivity index (χ1n) is 7.84. The second-order valence-electron chi connectivity index (χ2n) is 5.02. The van der Waals surface area contributed by atoms with Gasteiger partial charge in [-0.3, -0.25) is 0 Å². The Bertz CT molecular complexity index is 330. The molecule has 1 aromatic carbocycles. The highest BCUT2D eigenvalue weighted by Gasteiger charge is 2.21. The summed E-state index contributed by atoms with van der Waals surface area (Å²) in [5, 5.41) is 6.68. The maximum absolute atomic E-state index is 12.2. The van der Waals surface area contributed by atoms with Crippen LogP contribution in [0.15, 0.2) is 18.2 Å². The standard InChI is InChI=1S/C8H18N2.C7H6F2.C2H6.2H2/c1-9-7-5-3-4-6-8(7)10-2;1-5-2-6(8)4-7(9)3-5;1-2;;/h7-10H,3-6H2,1-2H3;2-4H,1H3;1-2H3;2*1H/t7-,8-;;;;/m1..../s1. The number of benzene rings is 1. The first-order valence-corrected chi connectivity index (χ1v) is 7.84. The highest BCUT2D eigenvalue weighted by Crippen LogP contribution is 2.17. The monoisotopic (exact) mass is 304 g/mol. The van der Waals surface area contributed by atoms with Crippen molar-refractivity contribution in [2.75, 3.05) is 14.1 Å². The maximum atomic E-state index is 12.2. The quantitative estimate of drug-likeness (QED) is 0.839. The molecule has 0 unspecified atom stereocenters. The fourth-order valence-electron chi connectivity index (χ4n) is 2.51. The largest absolute Gasteiger partial charge is 0.315 e. The molecule has 2 N–H and O–H groups in total. The molecule has 1 saturated carbocycles. The lowest BCUT2D eigenvalue weighted by Gasteiger charge is -2.30. The zero-order valence-corrected chi connectivity index (χ0v) is 14.0. The third-order valence-corrected chi connectivity index (χ3v) is 3.51. The summed E-state index contributed by atoms with van der Waals surface area (Å²) >= 11 is 0. The van der Waals surface area contributed by atoms with E-state index in [-0.39, 0.29) is 2.85 Å². The maximum Gasteiger partial charge on any atom is 0.126 e. The highest BCUT2D eigenvalue weighted by atomic mass is 19.1. The summed E-state index contributed by atoms with van der Waals surface area (Å²) in [6.45, 7) is 5.64. The van der Waals surface area contributed by atoms with Crippen LogP contribution in [-0.2, 0) is 0 Å². The van der Waals surface area contributed by atoms with Crippen molar-refractivity contribution >= 4 is 0 Å². The van der Waals surface area contributed by atoms with Gasteiger partial charge in [0.1, 0.15) is 11.6 Å². The summed E-state index contributed by atoms with van der Waals surface area (Å²) < 4.78 is 24.4. The zero-order valence-electron chi connectivity index (χ0n) is 14.0. The summed E-state index contributed by atoms with van der Waals surface area (Å²) in [4.78, 5) is 0. The van der Waals surface area contributed by atoms with Gasteiger partial charge in [-0.2, -0.15) is 0 Å². The molecule has 0 spiro atoms. The van der Waals surface area contributed by atoms with Crippen molar-refractivity contribution in [2.24, 2.45) is 0 Å². The van der Waals surface area contributed by atoms with E-state index in [1.807, 2.05) is 13.8 Å². The van der Waals surface area contributed by atoms with Crippen molar-refractivity contribution in [1.29, 1.82) is 0 Å². The van der Waals surface area contributed by atoms with Gasteiger partial charge in [0.25, 0.3) is 0 Å². The third-order valence-electron chi connectivity index (χ3n) is 3.51. The lowest BCUT2D eigenvalue weighted by molar-refractivity contribution is 0.309. The predicted molar refractivity (Wildman–Crippen MR) is 90.8 cm³/mol. The van der Waals surface area contributed by atoms with Crippen LogP contribution < -0.4 is 10.6 Å². The van der Waals surface area contributed by atoms with E-state index in [4.69, 9.17) is 0 Å². The molecule has 0 amide bonds. The Balaban J connectivity index is -0.000000292. The molecule has 4 heteroatoms. The van der Waals surface area contributed by atoms with Crippen LogP contribution in [-0.4, -0.2) is 26.2 Å². The van der Waals surface area contributed by atoms with Crippen LogP contribution in [0.25, 0.3) is 0 Å². The number of nitrogens with one attached hydrogen (secondary N) is 2. The van der Waals surface area contributed by atoms with Crippen molar-refractivity contribution in [2.45, 2.75) is 58.5 Å². The molecule has 1 aliphatic carbocycles. The van der Waals surface area contributed by atoms with Gasteiger partial charge in [0.15, 0.2) is 0 Å². The summed E-state index contributed by atoms with van der Waals surface area (Å²) in [5.41, 5.74) is 0.604. The van der Waals surface area contributed by atoms with Crippen molar-refractivity contribution in [3.63, 3.8) is 0 Å². The van der Waals surface area contributed by atoms with E-state index in [1.165, 1.54) is 37.8 Å². The lowest BCUT2D eigenvalue weighted by Crippen LogP contribution is -2.47. The van der Waals surface area contributed by atoms with Gasteiger partial charge in [-0.15, -0.1) is 0 Å². The van der Waals surface area contributed by atoms with Crippen LogP contribution in [0.1, 0.15) is 47.9 Å². The molecule has 0 radical (unpaired) electrons. The molecular weight excluding hydrogens is 270 g/mol. The number of rotatable bonds is 2. The fraction of sp³-hybridized carbons (Fsp3) is 0.647. The van der Waals surface area contributed by atoms with E-state index in [0.29, 0.717) is 17.6 Å². The first-order chi connectivity index (χ1) is 10.1. The molecule has 1 aromatic rings. The van der Waals surface area contributed by atoms with Crippen molar-refractivity contribution in [1.82, 2.24) is 10.6 Å². The summed E-state index contributed by atoms with van der Waals surface area (Å²) in [6, 6.07) is 4.83. The van der Waals surface area contributed by atoms with Gasteiger partial charge >= 0.3 is 0 Å². The molecule has 0 heterocycles. The Labute approximate surface area is 131 Å². The van der Waals surface area contributed by atoms with Crippen LogP contribution in [0.5, 0.6) is 0 Å². The topological polar surface area (TPSA) is 24.1 Å². The van der Waals surface area contributed by atoms with Crippen LogP contribution in [0.2, 0.25) is 0 Å². The van der Waals surface area contributed by atoms with Crippen molar-refractivity contribution in [3.8, 4) is 0 Å². The number of likely N-dealkylation sites (N-methyl/N-ethyl adjacent to an activating group) is 2. The van der Waals surface area contributed by atoms with Gasteiger partial charge in [0.2, 0.25) is 0 Å². The number of hydrogen-bond acceptors (Lipinski definition) is 2. The van der Waals surface area contributed by atoms with Crippen LogP contribution in [0.4, 0.5) is 8.78 Å². The molecule has 2 nitrogen and oxygen atoms in total. The molecule has 0 aliphatic heterocycles. The number of halogens is 2. The molecule has 21 heavy (non-hydrogen) atoms.